The molecule has 0 radical (unpaired) electrons. The number of pyridine rings is 1. The number of nitrogens with one attached hydrogen (secondary N) is 1. The van der Waals surface area contributed by atoms with Crippen LogP contribution in [-0.4, -0.2) is 19.1 Å². The van der Waals surface area contributed by atoms with Gasteiger partial charge < -0.3 is 10.2 Å². The zero-order chi connectivity index (χ0) is 15.4. The Hall–Kier alpha value is -1.58. The first kappa shape index (κ1) is 15.8. The Morgan fingerprint density at radius 2 is 1.86 bits per heavy atom. The lowest BCUT2D eigenvalue weighted by atomic mass is 10.1. The molecule has 0 bridgehead atoms. The molecular weight excluding hydrogens is 282 g/mol. The first-order valence-corrected chi connectivity index (χ1v) is 7.53. The Kier molecular flexibility index (Phi) is 5.21. The van der Waals surface area contributed by atoms with Gasteiger partial charge in [0.15, 0.2) is 0 Å². The highest BCUT2D eigenvalue weighted by Gasteiger charge is 2.15. The second-order valence-electron chi connectivity index (χ2n) is 5.26. The molecule has 1 N–H and O–H groups in total. The summed E-state index contributed by atoms with van der Waals surface area (Å²) in [6.07, 6.45) is 1.91. The Labute approximate surface area is 132 Å². The number of rotatable bonds is 5. The zero-order valence-corrected chi connectivity index (χ0v) is 13.7. The van der Waals surface area contributed by atoms with Crippen molar-refractivity contribution in [2.24, 2.45) is 0 Å². The van der Waals surface area contributed by atoms with Gasteiger partial charge in [0.1, 0.15) is 0 Å². The monoisotopic (exact) mass is 303 g/mol. The molecule has 2 atom stereocenters. The largest absolute Gasteiger partial charge is 0.367 e. The van der Waals surface area contributed by atoms with Crippen molar-refractivity contribution in [2.75, 3.05) is 19.0 Å². The average molecular weight is 304 g/mol. The average Bonchev–Trinajstić information content (AvgIpc) is 2.53. The van der Waals surface area contributed by atoms with E-state index in [1.54, 1.807) is 0 Å². The van der Waals surface area contributed by atoms with Gasteiger partial charge in [0, 0.05) is 18.1 Å². The highest BCUT2D eigenvalue weighted by Crippen LogP contribution is 2.29. The summed E-state index contributed by atoms with van der Waals surface area (Å²) in [5, 5.41) is 3.99. The van der Waals surface area contributed by atoms with Gasteiger partial charge in [-0.25, -0.2) is 0 Å². The molecule has 0 aliphatic carbocycles. The fraction of sp³-hybridized carbons (Fsp3) is 0.353. The van der Waals surface area contributed by atoms with Crippen molar-refractivity contribution >= 4 is 17.3 Å². The van der Waals surface area contributed by atoms with Crippen LogP contribution in [0.25, 0.3) is 0 Å². The topological polar surface area (TPSA) is 28.2 Å². The molecule has 0 amide bonds. The van der Waals surface area contributed by atoms with Gasteiger partial charge in [-0.2, -0.15) is 0 Å². The lowest BCUT2D eigenvalue weighted by Crippen LogP contribution is -2.22. The van der Waals surface area contributed by atoms with E-state index in [-0.39, 0.29) is 12.1 Å². The van der Waals surface area contributed by atoms with Crippen LogP contribution < -0.4 is 10.2 Å². The van der Waals surface area contributed by atoms with E-state index in [0.29, 0.717) is 0 Å². The third-order valence-corrected chi connectivity index (χ3v) is 4.34. The summed E-state index contributed by atoms with van der Waals surface area (Å²) < 4.78 is 0. The maximum atomic E-state index is 6.29. The highest BCUT2D eigenvalue weighted by molar-refractivity contribution is 6.31. The minimum absolute atomic E-state index is 0.188. The van der Waals surface area contributed by atoms with Crippen molar-refractivity contribution < 1.29 is 0 Å². The van der Waals surface area contributed by atoms with Crippen molar-refractivity contribution in [2.45, 2.75) is 25.9 Å². The number of nitrogens with zero attached hydrogens (tertiary/aromatic N) is 2. The lowest BCUT2D eigenvalue weighted by Gasteiger charge is -2.28. The van der Waals surface area contributed by atoms with Gasteiger partial charge in [0.25, 0.3) is 0 Å². The molecular formula is C17H22ClN3. The van der Waals surface area contributed by atoms with Gasteiger partial charge in [-0.05, 0) is 44.7 Å². The van der Waals surface area contributed by atoms with Gasteiger partial charge in [0.2, 0.25) is 0 Å². The first-order chi connectivity index (χ1) is 10.0. The first-order valence-electron chi connectivity index (χ1n) is 7.15. The molecule has 2 aromatic rings. The van der Waals surface area contributed by atoms with Gasteiger partial charge >= 0.3 is 0 Å². The van der Waals surface area contributed by atoms with Gasteiger partial charge in [-0.1, -0.05) is 29.8 Å². The SMILES string of the molecule is CNC(C)c1ccc(N(C)C(C)c2ccccc2Cl)cn1. The molecule has 1 aromatic carbocycles. The number of hydrogen-bond donors (Lipinski definition) is 1. The Bertz CT molecular complexity index is 583. The van der Waals surface area contributed by atoms with Crippen molar-refractivity contribution in [1.82, 2.24) is 10.3 Å². The molecule has 4 heteroatoms. The van der Waals surface area contributed by atoms with Gasteiger partial charge in [-0.3, -0.25) is 4.98 Å². The van der Waals surface area contributed by atoms with Crippen molar-refractivity contribution in [3.63, 3.8) is 0 Å². The number of halogens is 1. The van der Waals surface area contributed by atoms with Crippen LogP contribution in [0.1, 0.15) is 37.2 Å². The molecule has 2 unspecified atom stereocenters. The summed E-state index contributed by atoms with van der Waals surface area (Å²) in [4.78, 5) is 6.71. The summed E-state index contributed by atoms with van der Waals surface area (Å²) in [6, 6.07) is 12.6. The molecule has 0 spiro atoms. The number of benzene rings is 1. The molecule has 3 nitrogen and oxygen atoms in total. The Morgan fingerprint density at radius 3 is 2.43 bits per heavy atom. The molecule has 0 saturated heterocycles. The molecule has 112 valence electrons. The van der Waals surface area contributed by atoms with Crippen LogP contribution >= 0.6 is 11.6 Å². The van der Waals surface area contributed by atoms with Crippen LogP contribution in [0.3, 0.4) is 0 Å². The second kappa shape index (κ2) is 6.92. The molecule has 1 aromatic heterocycles. The smallest absolute Gasteiger partial charge is 0.0571 e. The van der Waals surface area contributed by atoms with E-state index in [0.717, 1.165) is 22.0 Å². The molecule has 0 aliphatic heterocycles. The van der Waals surface area contributed by atoms with E-state index in [4.69, 9.17) is 11.6 Å². The summed E-state index contributed by atoms with van der Waals surface area (Å²) in [5.41, 5.74) is 3.24. The number of hydrogen-bond acceptors (Lipinski definition) is 3. The van der Waals surface area contributed by atoms with Crippen LogP contribution in [0.2, 0.25) is 5.02 Å². The summed E-state index contributed by atoms with van der Waals surface area (Å²) >= 11 is 6.29. The van der Waals surface area contributed by atoms with Crippen LogP contribution in [0.4, 0.5) is 5.69 Å². The van der Waals surface area contributed by atoms with E-state index in [1.165, 1.54) is 0 Å². The third kappa shape index (κ3) is 3.55. The van der Waals surface area contributed by atoms with Crippen molar-refractivity contribution in [3.8, 4) is 0 Å². The van der Waals surface area contributed by atoms with Crippen molar-refractivity contribution in [3.05, 3.63) is 58.9 Å². The van der Waals surface area contributed by atoms with Crippen LogP contribution in [0, 0.1) is 0 Å². The second-order valence-corrected chi connectivity index (χ2v) is 5.67. The van der Waals surface area contributed by atoms with Crippen molar-refractivity contribution in [1.29, 1.82) is 0 Å². The van der Waals surface area contributed by atoms with E-state index in [2.05, 4.69) is 54.3 Å². The van der Waals surface area contributed by atoms with Crippen LogP contribution in [0.5, 0.6) is 0 Å². The summed E-state index contributed by atoms with van der Waals surface area (Å²) in [7, 11) is 4.00. The van der Waals surface area contributed by atoms with Gasteiger partial charge in [0.05, 0.1) is 23.6 Å². The van der Waals surface area contributed by atoms with E-state index >= 15 is 0 Å². The predicted molar refractivity (Wildman–Crippen MR) is 90.0 cm³/mol. The maximum Gasteiger partial charge on any atom is 0.0571 e. The molecule has 1 heterocycles. The molecule has 0 aliphatic rings. The quantitative estimate of drug-likeness (QED) is 0.896. The molecule has 0 saturated carbocycles. The fourth-order valence-electron chi connectivity index (χ4n) is 2.26. The lowest BCUT2D eigenvalue weighted by molar-refractivity contribution is 0.632. The summed E-state index contributed by atoms with van der Waals surface area (Å²) in [5.74, 6) is 0. The number of aromatic nitrogens is 1. The van der Waals surface area contributed by atoms with E-state index in [9.17, 15) is 0 Å². The van der Waals surface area contributed by atoms with E-state index in [1.807, 2.05) is 31.4 Å². The normalized spacial score (nSPS) is 13.8. The maximum absolute atomic E-state index is 6.29. The summed E-state index contributed by atoms with van der Waals surface area (Å²) in [6.45, 7) is 4.24. The standard InChI is InChI=1S/C17H22ClN3/c1-12(19-3)17-10-9-14(11-20-17)21(4)13(2)15-7-5-6-8-16(15)18/h5-13,19H,1-4H3. The Balaban J connectivity index is 2.20. The van der Waals surface area contributed by atoms with Crippen LogP contribution in [0.15, 0.2) is 42.6 Å². The molecule has 21 heavy (non-hydrogen) atoms. The fourth-order valence-corrected chi connectivity index (χ4v) is 2.55. The van der Waals surface area contributed by atoms with Crippen LogP contribution in [-0.2, 0) is 0 Å². The van der Waals surface area contributed by atoms with Gasteiger partial charge in [-0.15, -0.1) is 0 Å². The molecule has 2 rings (SSSR count). The minimum Gasteiger partial charge on any atom is -0.367 e. The van der Waals surface area contributed by atoms with E-state index < -0.39 is 0 Å². The minimum atomic E-state index is 0.188. The molecule has 0 fully saturated rings. The third-order valence-electron chi connectivity index (χ3n) is 3.99. The number of anilines is 1. The predicted octanol–water partition coefficient (Wildman–Crippen LogP) is 4.21. The highest BCUT2D eigenvalue weighted by atomic mass is 35.5. The Morgan fingerprint density at radius 1 is 1.14 bits per heavy atom. The zero-order valence-electron chi connectivity index (χ0n) is 13.0.